The molecular formula is C18H29NO4. The van der Waals surface area contributed by atoms with Crippen LogP contribution in [0.5, 0.6) is 0 Å². The van der Waals surface area contributed by atoms with Crippen molar-refractivity contribution in [1.82, 2.24) is 4.90 Å². The van der Waals surface area contributed by atoms with Crippen molar-refractivity contribution < 1.29 is 19.0 Å². The molecule has 0 saturated carbocycles. The fraction of sp³-hybridized carbons (Fsp3) is 0.611. The zero-order valence-corrected chi connectivity index (χ0v) is 15.1. The van der Waals surface area contributed by atoms with Gasteiger partial charge in [-0.15, -0.1) is 0 Å². The number of hydrogen-bond donors (Lipinski definition) is 0. The highest BCUT2D eigenvalue weighted by Gasteiger charge is 2.19. The Morgan fingerprint density at radius 2 is 1.61 bits per heavy atom. The fourth-order valence-corrected chi connectivity index (χ4v) is 2.00. The van der Waals surface area contributed by atoms with Crippen LogP contribution in [-0.2, 0) is 20.8 Å². The summed E-state index contributed by atoms with van der Waals surface area (Å²) in [6, 6.07) is 7.88. The topological polar surface area (TPSA) is 48.0 Å². The van der Waals surface area contributed by atoms with E-state index in [0.717, 1.165) is 11.1 Å². The maximum Gasteiger partial charge on any atom is 0.410 e. The van der Waals surface area contributed by atoms with E-state index in [1.807, 2.05) is 58.9 Å². The van der Waals surface area contributed by atoms with Gasteiger partial charge in [0.1, 0.15) is 5.60 Å². The van der Waals surface area contributed by atoms with Gasteiger partial charge in [-0.25, -0.2) is 4.79 Å². The Morgan fingerprint density at radius 3 is 2.04 bits per heavy atom. The van der Waals surface area contributed by atoms with Crippen molar-refractivity contribution in [3.8, 4) is 0 Å². The van der Waals surface area contributed by atoms with Crippen LogP contribution in [0.15, 0.2) is 24.3 Å². The Labute approximate surface area is 139 Å². The van der Waals surface area contributed by atoms with Crippen LogP contribution in [0.1, 0.15) is 52.0 Å². The first-order valence-corrected chi connectivity index (χ1v) is 8.03. The quantitative estimate of drug-likeness (QED) is 0.708. The van der Waals surface area contributed by atoms with E-state index in [0.29, 0.717) is 19.8 Å². The highest BCUT2D eigenvalue weighted by atomic mass is 16.7. The van der Waals surface area contributed by atoms with Crippen LogP contribution in [0, 0.1) is 0 Å². The summed E-state index contributed by atoms with van der Waals surface area (Å²) in [6.07, 6.45) is -0.675. The lowest BCUT2D eigenvalue weighted by molar-refractivity contribution is -0.140. The van der Waals surface area contributed by atoms with Gasteiger partial charge in [-0.1, -0.05) is 24.3 Å². The van der Waals surface area contributed by atoms with Crippen molar-refractivity contribution in [3.05, 3.63) is 35.4 Å². The molecule has 0 aliphatic rings. The van der Waals surface area contributed by atoms with E-state index >= 15 is 0 Å². The Morgan fingerprint density at radius 1 is 1.09 bits per heavy atom. The highest BCUT2D eigenvalue weighted by molar-refractivity contribution is 5.67. The number of amides is 1. The first-order valence-electron chi connectivity index (χ1n) is 8.03. The monoisotopic (exact) mass is 323 g/mol. The number of nitrogens with zero attached hydrogens (tertiary/aromatic N) is 1. The molecule has 1 rings (SSSR count). The normalized spacial score (nSPS) is 11.6. The molecule has 5 heteroatoms. The molecule has 1 amide bonds. The third kappa shape index (κ3) is 7.01. The van der Waals surface area contributed by atoms with Crippen LogP contribution in [0.2, 0.25) is 0 Å². The largest absolute Gasteiger partial charge is 0.444 e. The average Bonchev–Trinajstić information content (AvgIpc) is 2.46. The lowest BCUT2D eigenvalue weighted by Gasteiger charge is -2.25. The van der Waals surface area contributed by atoms with E-state index in [2.05, 4.69) is 0 Å². The Hall–Kier alpha value is -1.59. The van der Waals surface area contributed by atoms with E-state index in [1.165, 1.54) is 0 Å². The number of carbonyl (C=O) groups is 1. The van der Waals surface area contributed by atoms with Crippen LogP contribution >= 0.6 is 0 Å². The Bertz CT molecular complexity index is 473. The zero-order valence-electron chi connectivity index (χ0n) is 15.1. The lowest BCUT2D eigenvalue weighted by Crippen LogP contribution is -2.33. The molecule has 0 atom stereocenters. The second-order valence-corrected chi connectivity index (χ2v) is 6.32. The van der Waals surface area contributed by atoms with Crippen LogP contribution in [0.3, 0.4) is 0 Å². The molecule has 0 radical (unpaired) electrons. The van der Waals surface area contributed by atoms with Gasteiger partial charge in [0.2, 0.25) is 0 Å². The van der Waals surface area contributed by atoms with Gasteiger partial charge in [-0.05, 0) is 40.2 Å². The summed E-state index contributed by atoms with van der Waals surface area (Å²) in [5.74, 6) is 0. The molecule has 130 valence electrons. The van der Waals surface area contributed by atoms with E-state index < -0.39 is 5.60 Å². The van der Waals surface area contributed by atoms with Gasteiger partial charge < -0.3 is 19.1 Å². The van der Waals surface area contributed by atoms with E-state index in [1.54, 1.807) is 11.9 Å². The molecular weight excluding hydrogens is 294 g/mol. The minimum absolute atomic E-state index is 0.330. The van der Waals surface area contributed by atoms with Crippen molar-refractivity contribution >= 4 is 6.09 Å². The molecule has 0 fully saturated rings. The molecule has 0 aliphatic heterocycles. The Kier molecular flexibility index (Phi) is 7.52. The number of carbonyl (C=O) groups excluding carboxylic acids is 1. The number of ether oxygens (including phenoxy) is 3. The predicted octanol–water partition coefficient (Wildman–Crippen LogP) is 4.13. The summed E-state index contributed by atoms with van der Waals surface area (Å²) in [4.78, 5) is 13.5. The summed E-state index contributed by atoms with van der Waals surface area (Å²) >= 11 is 0. The number of hydrogen-bond acceptors (Lipinski definition) is 4. The predicted molar refractivity (Wildman–Crippen MR) is 90.1 cm³/mol. The van der Waals surface area contributed by atoms with Gasteiger partial charge in [-0.2, -0.15) is 0 Å². The van der Waals surface area contributed by atoms with Crippen LogP contribution in [0.25, 0.3) is 0 Å². The van der Waals surface area contributed by atoms with E-state index in [9.17, 15) is 4.79 Å². The minimum Gasteiger partial charge on any atom is -0.444 e. The smallest absolute Gasteiger partial charge is 0.410 e. The van der Waals surface area contributed by atoms with Crippen LogP contribution < -0.4 is 0 Å². The summed E-state index contributed by atoms with van der Waals surface area (Å²) in [5, 5.41) is 0. The molecule has 0 unspecified atom stereocenters. The van der Waals surface area contributed by atoms with Crippen molar-refractivity contribution in [3.63, 3.8) is 0 Å². The SMILES string of the molecule is CCOC(OCC)c1ccc(CN(C)C(=O)OC(C)(C)C)cc1. The molecule has 0 saturated heterocycles. The van der Waals surface area contributed by atoms with Gasteiger partial charge in [0.15, 0.2) is 6.29 Å². The lowest BCUT2D eigenvalue weighted by atomic mass is 10.1. The van der Waals surface area contributed by atoms with Gasteiger partial charge in [0, 0.05) is 32.4 Å². The Balaban J connectivity index is 2.67. The number of rotatable bonds is 7. The molecule has 1 aromatic rings. The molecule has 5 nitrogen and oxygen atoms in total. The fourth-order valence-electron chi connectivity index (χ4n) is 2.00. The van der Waals surface area contributed by atoms with Crippen molar-refractivity contribution in [1.29, 1.82) is 0 Å². The van der Waals surface area contributed by atoms with Gasteiger partial charge >= 0.3 is 6.09 Å². The summed E-state index contributed by atoms with van der Waals surface area (Å²) in [7, 11) is 1.73. The van der Waals surface area contributed by atoms with E-state index in [4.69, 9.17) is 14.2 Å². The molecule has 0 aliphatic carbocycles. The van der Waals surface area contributed by atoms with Crippen molar-refractivity contribution in [2.75, 3.05) is 20.3 Å². The molecule has 23 heavy (non-hydrogen) atoms. The average molecular weight is 323 g/mol. The first-order chi connectivity index (χ1) is 10.8. The second-order valence-electron chi connectivity index (χ2n) is 6.32. The second kappa shape index (κ2) is 8.89. The first kappa shape index (κ1) is 19.5. The summed E-state index contributed by atoms with van der Waals surface area (Å²) < 4.78 is 16.5. The van der Waals surface area contributed by atoms with E-state index in [-0.39, 0.29) is 12.4 Å². The van der Waals surface area contributed by atoms with Crippen molar-refractivity contribution in [2.45, 2.75) is 53.1 Å². The van der Waals surface area contributed by atoms with Gasteiger partial charge in [0.05, 0.1) is 0 Å². The third-order valence-corrected chi connectivity index (χ3v) is 3.01. The van der Waals surface area contributed by atoms with Crippen LogP contribution in [0.4, 0.5) is 4.79 Å². The van der Waals surface area contributed by atoms with Gasteiger partial charge in [-0.3, -0.25) is 0 Å². The maximum atomic E-state index is 12.0. The maximum absolute atomic E-state index is 12.0. The third-order valence-electron chi connectivity index (χ3n) is 3.01. The zero-order chi connectivity index (χ0) is 17.5. The molecule has 0 heterocycles. The standard InChI is InChI=1S/C18H29NO4/c1-7-21-16(22-8-2)15-11-9-14(10-12-15)13-19(6)17(20)23-18(3,4)5/h9-12,16H,7-8,13H2,1-6H3. The highest BCUT2D eigenvalue weighted by Crippen LogP contribution is 2.20. The summed E-state index contributed by atoms with van der Waals surface area (Å²) in [6.45, 7) is 11.1. The molecule has 0 spiro atoms. The molecule has 1 aromatic carbocycles. The van der Waals surface area contributed by atoms with Gasteiger partial charge in [0.25, 0.3) is 0 Å². The molecule has 0 bridgehead atoms. The van der Waals surface area contributed by atoms with Crippen molar-refractivity contribution in [2.24, 2.45) is 0 Å². The molecule has 0 N–H and O–H groups in total. The minimum atomic E-state index is -0.489. The number of benzene rings is 1. The van der Waals surface area contributed by atoms with Crippen LogP contribution in [-0.4, -0.2) is 36.9 Å². The molecule has 0 aromatic heterocycles. The summed E-state index contributed by atoms with van der Waals surface area (Å²) in [5.41, 5.74) is 1.50.